The van der Waals surface area contributed by atoms with Crippen molar-refractivity contribution in [2.75, 3.05) is 32.9 Å². The molecule has 1 aliphatic heterocycles. The molecule has 0 aliphatic carbocycles. The van der Waals surface area contributed by atoms with Crippen LogP contribution >= 0.6 is 11.6 Å². The Labute approximate surface area is 138 Å². The van der Waals surface area contributed by atoms with Gasteiger partial charge in [0.15, 0.2) is 6.61 Å². The van der Waals surface area contributed by atoms with Crippen LogP contribution in [0.5, 0.6) is 0 Å². The molecule has 1 aromatic rings. The van der Waals surface area contributed by atoms with Gasteiger partial charge in [0, 0.05) is 18.1 Å². The fourth-order valence-electron chi connectivity index (χ4n) is 1.97. The molecule has 1 heterocycles. The molecule has 6 nitrogen and oxygen atoms in total. The van der Waals surface area contributed by atoms with E-state index in [4.69, 9.17) is 26.3 Å². The minimum atomic E-state index is -0.830. The highest BCUT2D eigenvalue weighted by molar-refractivity contribution is 6.30. The lowest BCUT2D eigenvalue weighted by molar-refractivity contribution is -0.150. The Hall–Kier alpha value is -2.36. The molecule has 0 unspecified atom stereocenters. The van der Waals surface area contributed by atoms with Crippen LogP contribution in [0.4, 0.5) is 0 Å². The zero-order valence-electron chi connectivity index (χ0n) is 12.3. The third-order valence-electron chi connectivity index (χ3n) is 3.21. The van der Waals surface area contributed by atoms with Gasteiger partial charge in [-0.05, 0) is 23.8 Å². The maximum atomic E-state index is 11.9. The van der Waals surface area contributed by atoms with Crippen molar-refractivity contribution in [3.63, 3.8) is 0 Å². The highest BCUT2D eigenvalue weighted by atomic mass is 35.5. The van der Waals surface area contributed by atoms with Crippen molar-refractivity contribution in [1.29, 1.82) is 5.26 Å². The Morgan fingerprint density at radius 2 is 1.96 bits per heavy atom. The number of nitriles is 1. The third-order valence-corrected chi connectivity index (χ3v) is 3.46. The van der Waals surface area contributed by atoms with Gasteiger partial charge in [0.25, 0.3) is 5.91 Å². The van der Waals surface area contributed by atoms with Gasteiger partial charge in [-0.15, -0.1) is 0 Å². The Kier molecular flexibility index (Phi) is 6.15. The lowest BCUT2D eigenvalue weighted by Gasteiger charge is -2.26. The van der Waals surface area contributed by atoms with Crippen molar-refractivity contribution in [1.82, 2.24) is 4.90 Å². The molecule has 1 aliphatic rings. The molecule has 0 radical (unpaired) electrons. The summed E-state index contributed by atoms with van der Waals surface area (Å²) in [5, 5.41) is 9.62. The van der Waals surface area contributed by atoms with Crippen molar-refractivity contribution < 1.29 is 19.1 Å². The number of ether oxygens (including phenoxy) is 2. The second-order valence-electron chi connectivity index (χ2n) is 4.79. The predicted molar refractivity (Wildman–Crippen MR) is 83.4 cm³/mol. The number of nitrogens with zero attached hydrogens (tertiary/aromatic N) is 2. The molecule has 7 heteroatoms. The summed E-state index contributed by atoms with van der Waals surface area (Å²) in [5.74, 6) is -1.13. The zero-order valence-corrected chi connectivity index (χ0v) is 13.1. The number of hydrogen-bond acceptors (Lipinski definition) is 5. The molecule has 1 aromatic carbocycles. The molecule has 23 heavy (non-hydrogen) atoms. The first-order chi connectivity index (χ1) is 11.1. The first kappa shape index (κ1) is 17.0. The minimum Gasteiger partial charge on any atom is -0.451 e. The SMILES string of the molecule is N#CC(=Cc1ccc(Cl)cc1)C(=O)OCC(=O)N1CCOCC1. The fraction of sp³-hybridized carbons (Fsp3) is 0.312. The van der Waals surface area contributed by atoms with E-state index < -0.39 is 12.6 Å². The number of benzene rings is 1. The Balaban J connectivity index is 1.93. The summed E-state index contributed by atoms with van der Waals surface area (Å²) in [7, 11) is 0. The monoisotopic (exact) mass is 334 g/mol. The maximum absolute atomic E-state index is 11.9. The van der Waals surface area contributed by atoms with Crippen molar-refractivity contribution in [3.8, 4) is 6.07 Å². The largest absolute Gasteiger partial charge is 0.451 e. The quantitative estimate of drug-likeness (QED) is 0.475. The first-order valence-electron chi connectivity index (χ1n) is 7.00. The van der Waals surface area contributed by atoms with Gasteiger partial charge in [-0.2, -0.15) is 5.26 Å². The Morgan fingerprint density at radius 3 is 2.57 bits per heavy atom. The van der Waals surface area contributed by atoms with Crippen LogP contribution < -0.4 is 0 Å². The first-order valence-corrected chi connectivity index (χ1v) is 7.38. The molecule has 1 fully saturated rings. The molecule has 2 rings (SSSR count). The molecular weight excluding hydrogens is 320 g/mol. The number of morpholine rings is 1. The van der Waals surface area contributed by atoms with Gasteiger partial charge in [-0.25, -0.2) is 4.79 Å². The fourth-order valence-corrected chi connectivity index (χ4v) is 2.10. The predicted octanol–water partition coefficient (Wildman–Crippen LogP) is 1.65. The van der Waals surface area contributed by atoms with Gasteiger partial charge in [0.2, 0.25) is 0 Å². The summed E-state index contributed by atoms with van der Waals surface area (Å²) >= 11 is 5.77. The normalized spacial score (nSPS) is 15.0. The lowest BCUT2D eigenvalue weighted by atomic mass is 10.1. The molecule has 0 N–H and O–H groups in total. The number of amides is 1. The van der Waals surface area contributed by atoms with Crippen LogP contribution in [0.15, 0.2) is 29.8 Å². The second kappa shape index (κ2) is 8.32. The van der Waals surface area contributed by atoms with Crippen LogP contribution in [0.1, 0.15) is 5.56 Å². The highest BCUT2D eigenvalue weighted by Crippen LogP contribution is 2.13. The minimum absolute atomic E-state index is 0.179. The molecule has 0 spiro atoms. The van der Waals surface area contributed by atoms with Crippen molar-refractivity contribution in [2.45, 2.75) is 0 Å². The topological polar surface area (TPSA) is 79.6 Å². The van der Waals surface area contributed by atoms with E-state index in [1.807, 2.05) is 0 Å². The Morgan fingerprint density at radius 1 is 1.30 bits per heavy atom. The van der Waals surface area contributed by atoms with Gasteiger partial charge < -0.3 is 14.4 Å². The van der Waals surface area contributed by atoms with E-state index in [0.29, 0.717) is 36.9 Å². The van der Waals surface area contributed by atoms with Crippen LogP contribution in [0.3, 0.4) is 0 Å². The summed E-state index contributed by atoms with van der Waals surface area (Å²) < 4.78 is 10.1. The maximum Gasteiger partial charge on any atom is 0.349 e. The van der Waals surface area contributed by atoms with Crippen LogP contribution in [-0.4, -0.2) is 49.7 Å². The van der Waals surface area contributed by atoms with Crippen molar-refractivity contribution in [2.24, 2.45) is 0 Å². The lowest BCUT2D eigenvalue weighted by Crippen LogP contribution is -2.42. The van der Waals surface area contributed by atoms with Crippen molar-refractivity contribution >= 4 is 29.6 Å². The Bertz CT molecular complexity index is 643. The van der Waals surface area contributed by atoms with Crippen LogP contribution in [0, 0.1) is 11.3 Å². The number of esters is 1. The molecule has 0 atom stereocenters. The van der Waals surface area contributed by atoms with Gasteiger partial charge in [0.05, 0.1) is 13.2 Å². The van der Waals surface area contributed by atoms with E-state index in [0.717, 1.165) is 0 Å². The summed E-state index contributed by atoms with van der Waals surface area (Å²) in [5.41, 5.74) is 0.463. The van der Waals surface area contributed by atoms with Crippen LogP contribution in [0.2, 0.25) is 5.02 Å². The van der Waals surface area contributed by atoms with Gasteiger partial charge in [-0.1, -0.05) is 23.7 Å². The van der Waals surface area contributed by atoms with E-state index in [2.05, 4.69) is 0 Å². The molecule has 1 amide bonds. The summed E-state index contributed by atoms with van der Waals surface area (Å²) in [6.07, 6.45) is 1.39. The van der Waals surface area contributed by atoms with Gasteiger partial charge in [0.1, 0.15) is 11.6 Å². The van der Waals surface area contributed by atoms with Gasteiger partial charge >= 0.3 is 5.97 Å². The standard InChI is InChI=1S/C16H15ClN2O4/c17-14-3-1-12(2-4-14)9-13(10-18)16(21)23-11-15(20)19-5-7-22-8-6-19/h1-4,9H,5-8,11H2. The summed E-state index contributed by atoms with van der Waals surface area (Å²) in [6.45, 7) is 1.50. The molecule has 1 saturated heterocycles. The van der Waals surface area contributed by atoms with E-state index in [9.17, 15) is 9.59 Å². The van der Waals surface area contributed by atoms with Crippen LogP contribution in [0.25, 0.3) is 6.08 Å². The zero-order chi connectivity index (χ0) is 16.7. The molecule has 0 aromatic heterocycles. The second-order valence-corrected chi connectivity index (χ2v) is 5.23. The average Bonchev–Trinajstić information content (AvgIpc) is 2.59. The number of rotatable bonds is 4. The smallest absolute Gasteiger partial charge is 0.349 e. The average molecular weight is 335 g/mol. The molecule has 120 valence electrons. The number of carbonyl (C=O) groups excluding carboxylic acids is 2. The molecule has 0 bridgehead atoms. The van der Waals surface area contributed by atoms with Crippen LogP contribution in [-0.2, 0) is 19.1 Å². The third kappa shape index (κ3) is 5.09. The highest BCUT2D eigenvalue weighted by Gasteiger charge is 2.19. The van der Waals surface area contributed by atoms with E-state index >= 15 is 0 Å². The van der Waals surface area contributed by atoms with E-state index in [-0.39, 0.29) is 11.5 Å². The molecule has 0 saturated carbocycles. The van der Waals surface area contributed by atoms with Gasteiger partial charge in [-0.3, -0.25) is 4.79 Å². The summed E-state index contributed by atoms with van der Waals surface area (Å²) in [6, 6.07) is 8.42. The van der Waals surface area contributed by atoms with E-state index in [1.165, 1.54) is 6.08 Å². The van der Waals surface area contributed by atoms with E-state index in [1.54, 1.807) is 35.2 Å². The number of hydrogen-bond donors (Lipinski definition) is 0. The summed E-state index contributed by atoms with van der Waals surface area (Å²) in [4.78, 5) is 25.3. The number of carbonyl (C=O) groups is 2. The molecular formula is C16H15ClN2O4. The van der Waals surface area contributed by atoms with Crippen molar-refractivity contribution in [3.05, 3.63) is 40.4 Å². The number of halogens is 1.